The Labute approximate surface area is 137 Å². The summed E-state index contributed by atoms with van der Waals surface area (Å²) in [6.07, 6.45) is 6.72. The number of aryl methyl sites for hydroxylation is 1. The van der Waals surface area contributed by atoms with Crippen molar-refractivity contribution in [2.45, 2.75) is 19.5 Å². The summed E-state index contributed by atoms with van der Waals surface area (Å²) < 4.78 is 3.82. The molecule has 0 unspecified atom stereocenters. The molecule has 3 rings (SSSR count). The van der Waals surface area contributed by atoms with E-state index in [0.717, 1.165) is 56.6 Å². The van der Waals surface area contributed by atoms with Crippen LogP contribution in [0.1, 0.15) is 6.42 Å². The van der Waals surface area contributed by atoms with Crippen LogP contribution in [0.3, 0.4) is 0 Å². The van der Waals surface area contributed by atoms with E-state index in [0.29, 0.717) is 6.54 Å². The molecule has 0 amide bonds. The van der Waals surface area contributed by atoms with Crippen LogP contribution in [0, 0.1) is 0 Å². The minimum atomic E-state index is 0.104. The molecule has 5 heteroatoms. The second-order valence-electron chi connectivity index (χ2n) is 6.37. The van der Waals surface area contributed by atoms with Crippen LogP contribution in [0.25, 0.3) is 10.9 Å². The summed E-state index contributed by atoms with van der Waals surface area (Å²) in [6, 6.07) is 4.03. The highest BCUT2D eigenvalue weighted by molar-refractivity contribution is 5.78. The van der Waals surface area contributed by atoms with Crippen molar-refractivity contribution >= 4 is 10.9 Å². The molecular weight excluding hydrogens is 288 g/mol. The molecule has 1 aliphatic heterocycles. The fourth-order valence-electron chi connectivity index (χ4n) is 3.25. The highest BCUT2D eigenvalue weighted by Crippen LogP contribution is 2.11. The van der Waals surface area contributed by atoms with Crippen LogP contribution in [0.5, 0.6) is 0 Å². The lowest BCUT2D eigenvalue weighted by atomic mass is 10.3. The van der Waals surface area contributed by atoms with Crippen molar-refractivity contribution in [3.63, 3.8) is 0 Å². The normalized spacial score (nSPS) is 16.9. The second kappa shape index (κ2) is 7.15. The summed E-state index contributed by atoms with van der Waals surface area (Å²) in [5.74, 6) is 0. The molecule has 0 saturated carbocycles. The molecule has 0 aromatic carbocycles. The fraction of sp³-hybridized carbons (Fsp3) is 0.500. The van der Waals surface area contributed by atoms with Gasteiger partial charge in [-0.3, -0.25) is 4.79 Å². The topological polar surface area (TPSA) is 33.4 Å². The van der Waals surface area contributed by atoms with Crippen molar-refractivity contribution in [1.29, 1.82) is 0 Å². The fourth-order valence-corrected chi connectivity index (χ4v) is 3.25. The molecule has 2 aromatic heterocycles. The Bertz CT molecular complexity index is 722. The molecule has 0 atom stereocenters. The third kappa shape index (κ3) is 3.57. The summed E-state index contributed by atoms with van der Waals surface area (Å²) in [5, 5.41) is 1.01. The van der Waals surface area contributed by atoms with Crippen molar-refractivity contribution in [3.05, 3.63) is 47.5 Å². The van der Waals surface area contributed by atoms with E-state index in [1.807, 2.05) is 39.7 Å². The zero-order valence-electron chi connectivity index (χ0n) is 13.9. The number of aromatic nitrogens is 2. The first-order valence-corrected chi connectivity index (χ1v) is 8.39. The van der Waals surface area contributed by atoms with E-state index < -0.39 is 0 Å². The van der Waals surface area contributed by atoms with Gasteiger partial charge < -0.3 is 18.9 Å². The van der Waals surface area contributed by atoms with Gasteiger partial charge in [-0.15, -0.1) is 6.58 Å². The Kier molecular flexibility index (Phi) is 4.98. The maximum atomic E-state index is 12.7. The van der Waals surface area contributed by atoms with E-state index in [9.17, 15) is 4.79 Å². The summed E-state index contributed by atoms with van der Waals surface area (Å²) in [7, 11) is 2.17. The molecule has 0 radical (unpaired) electrons. The van der Waals surface area contributed by atoms with Gasteiger partial charge in [0.2, 0.25) is 0 Å². The molecule has 1 aliphatic rings. The first-order chi connectivity index (χ1) is 11.2. The molecule has 3 heterocycles. The maximum absolute atomic E-state index is 12.7. The summed E-state index contributed by atoms with van der Waals surface area (Å²) in [5.41, 5.74) is 0.889. The van der Waals surface area contributed by atoms with Crippen molar-refractivity contribution < 1.29 is 0 Å². The lowest BCUT2D eigenvalue weighted by Gasteiger charge is -2.32. The average Bonchev–Trinajstić information content (AvgIpc) is 2.96. The highest BCUT2D eigenvalue weighted by atomic mass is 16.1. The Balaban J connectivity index is 1.66. The minimum Gasteiger partial charge on any atom is -0.339 e. The third-order valence-corrected chi connectivity index (χ3v) is 4.69. The number of nitrogens with zero attached hydrogens (tertiary/aromatic N) is 4. The van der Waals surface area contributed by atoms with Gasteiger partial charge in [-0.2, -0.15) is 0 Å². The van der Waals surface area contributed by atoms with Gasteiger partial charge in [0.05, 0.1) is 0 Å². The van der Waals surface area contributed by atoms with Crippen molar-refractivity contribution in [3.8, 4) is 0 Å². The standard InChI is InChI=1S/C18H26N4O/c1-3-7-21-10-5-16-6-11-22(18(23)17(16)21)9-4-8-20-14-12-19(2)13-15-20/h3,5-6,10-11H,1,4,7-9,12-15H2,2H3. The number of allylic oxidation sites excluding steroid dienone is 1. The minimum absolute atomic E-state index is 0.104. The zero-order valence-corrected chi connectivity index (χ0v) is 13.9. The molecular formula is C18H26N4O. The lowest BCUT2D eigenvalue weighted by molar-refractivity contribution is 0.151. The van der Waals surface area contributed by atoms with Crippen LogP contribution in [0.2, 0.25) is 0 Å². The Morgan fingerprint density at radius 1 is 1.09 bits per heavy atom. The predicted octanol–water partition coefficient (Wildman–Crippen LogP) is 1.63. The molecule has 0 bridgehead atoms. The Morgan fingerprint density at radius 3 is 2.48 bits per heavy atom. The van der Waals surface area contributed by atoms with E-state index in [4.69, 9.17) is 0 Å². The first-order valence-electron chi connectivity index (χ1n) is 8.39. The molecule has 0 spiro atoms. The Morgan fingerprint density at radius 2 is 1.78 bits per heavy atom. The largest absolute Gasteiger partial charge is 0.339 e. The molecule has 2 aromatic rings. The van der Waals surface area contributed by atoms with Gasteiger partial charge in [-0.25, -0.2) is 0 Å². The second-order valence-corrected chi connectivity index (χ2v) is 6.37. The first kappa shape index (κ1) is 16.0. The van der Waals surface area contributed by atoms with Crippen LogP contribution in [0.4, 0.5) is 0 Å². The number of rotatable bonds is 6. The van der Waals surface area contributed by atoms with E-state index >= 15 is 0 Å². The van der Waals surface area contributed by atoms with E-state index in [2.05, 4.69) is 23.4 Å². The number of pyridine rings is 1. The summed E-state index contributed by atoms with van der Waals surface area (Å²) >= 11 is 0. The number of fused-ring (bicyclic) bond motifs is 1. The van der Waals surface area contributed by atoms with E-state index in [1.54, 1.807) is 0 Å². The van der Waals surface area contributed by atoms with Crippen molar-refractivity contribution in [1.82, 2.24) is 18.9 Å². The van der Waals surface area contributed by atoms with Gasteiger partial charge in [-0.05, 0) is 32.1 Å². The van der Waals surface area contributed by atoms with Gasteiger partial charge in [-0.1, -0.05) is 6.08 Å². The molecule has 5 nitrogen and oxygen atoms in total. The number of likely N-dealkylation sites (N-methyl/N-ethyl adjacent to an activating group) is 1. The summed E-state index contributed by atoms with van der Waals surface area (Å²) in [4.78, 5) is 17.6. The van der Waals surface area contributed by atoms with Gasteiger partial charge in [0.15, 0.2) is 0 Å². The lowest BCUT2D eigenvalue weighted by Crippen LogP contribution is -2.44. The predicted molar refractivity (Wildman–Crippen MR) is 94.9 cm³/mol. The van der Waals surface area contributed by atoms with Crippen LogP contribution < -0.4 is 5.56 Å². The van der Waals surface area contributed by atoms with Crippen LogP contribution >= 0.6 is 0 Å². The number of piperazine rings is 1. The summed E-state index contributed by atoms with van der Waals surface area (Å²) in [6.45, 7) is 10.8. The van der Waals surface area contributed by atoms with Gasteiger partial charge in [0.1, 0.15) is 5.52 Å². The van der Waals surface area contributed by atoms with Gasteiger partial charge in [0.25, 0.3) is 5.56 Å². The number of hydrogen-bond donors (Lipinski definition) is 0. The molecule has 124 valence electrons. The molecule has 0 N–H and O–H groups in total. The van der Waals surface area contributed by atoms with Gasteiger partial charge >= 0.3 is 0 Å². The zero-order chi connectivity index (χ0) is 16.2. The third-order valence-electron chi connectivity index (χ3n) is 4.69. The average molecular weight is 314 g/mol. The Hall–Kier alpha value is -1.85. The molecule has 0 aliphatic carbocycles. The van der Waals surface area contributed by atoms with Crippen molar-refractivity contribution in [2.24, 2.45) is 0 Å². The van der Waals surface area contributed by atoms with E-state index in [1.165, 1.54) is 0 Å². The highest BCUT2D eigenvalue weighted by Gasteiger charge is 2.13. The SMILES string of the molecule is C=CCn1ccc2ccn(CCCN3CCN(C)CC3)c(=O)c21. The van der Waals surface area contributed by atoms with Crippen LogP contribution in [-0.2, 0) is 13.1 Å². The van der Waals surface area contributed by atoms with Crippen LogP contribution in [0.15, 0.2) is 42.0 Å². The quantitative estimate of drug-likeness (QED) is 0.760. The maximum Gasteiger partial charge on any atom is 0.275 e. The monoisotopic (exact) mass is 314 g/mol. The molecule has 23 heavy (non-hydrogen) atoms. The molecule has 1 fully saturated rings. The van der Waals surface area contributed by atoms with Crippen molar-refractivity contribution in [2.75, 3.05) is 39.8 Å². The number of hydrogen-bond acceptors (Lipinski definition) is 3. The molecule has 1 saturated heterocycles. The van der Waals surface area contributed by atoms with E-state index in [-0.39, 0.29) is 5.56 Å². The van der Waals surface area contributed by atoms with Gasteiger partial charge in [0, 0.05) is 57.0 Å². The smallest absolute Gasteiger partial charge is 0.275 e. The van der Waals surface area contributed by atoms with Crippen LogP contribution in [-0.4, -0.2) is 58.7 Å².